The SMILES string of the molecule is CSCc1ccc(Cn2ccc3cc(NC(C)=O)ccc32)cc1. The van der Waals surface area contributed by atoms with E-state index in [4.69, 9.17) is 0 Å². The number of rotatable bonds is 5. The van der Waals surface area contributed by atoms with Gasteiger partial charge in [-0.05, 0) is 41.6 Å². The van der Waals surface area contributed by atoms with Crippen LogP contribution >= 0.6 is 11.8 Å². The van der Waals surface area contributed by atoms with Crippen LogP contribution in [-0.4, -0.2) is 16.7 Å². The second kappa shape index (κ2) is 6.92. The van der Waals surface area contributed by atoms with Crippen LogP contribution in [0, 0.1) is 0 Å². The summed E-state index contributed by atoms with van der Waals surface area (Å²) in [5.41, 5.74) is 4.66. The van der Waals surface area contributed by atoms with Crippen molar-refractivity contribution in [2.24, 2.45) is 0 Å². The van der Waals surface area contributed by atoms with Crippen LogP contribution in [0.2, 0.25) is 0 Å². The summed E-state index contributed by atoms with van der Waals surface area (Å²) < 4.78 is 2.23. The Bertz CT molecular complexity index is 821. The smallest absolute Gasteiger partial charge is 0.221 e. The number of hydrogen-bond donors (Lipinski definition) is 1. The molecule has 1 amide bonds. The van der Waals surface area contributed by atoms with Crippen LogP contribution in [-0.2, 0) is 17.1 Å². The van der Waals surface area contributed by atoms with Crippen molar-refractivity contribution in [1.29, 1.82) is 0 Å². The molecule has 23 heavy (non-hydrogen) atoms. The average Bonchev–Trinajstić information content (AvgIpc) is 2.91. The standard InChI is InChI=1S/C19H20N2OS/c1-14(22)20-18-7-8-19-17(11-18)9-10-21(19)12-15-3-5-16(6-4-15)13-23-2/h3-11H,12-13H2,1-2H3,(H,20,22). The molecule has 0 atom stereocenters. The highest BCUT2D eigenvalue weighted by molar-refractivity contribution is 7.97. The molecule has 0 aliphatic carbocycles. The summed E-state index contributed by atoms with van der Waals surface area (Å²) in [6, 6.07) is 16.9. The Hall–Kier alpha value is -2.20. The van der Waals surface area contributed by atoms with Crippen molar-refractivity contribution in [3.63, 3.8) is 0 Å². The van der Waals surface area contributed by atoms with Gasteiger partial charge in [-0.25, -0.2) is 0 Å². The maximum Gasteiger partial charge on any atom is 0.221 e. The minimum Gasteiger partial charge on any atom is -0.343 e. The van der Waals surface area contributed by atoms with E-state index in [9.17, 15) is 4.79 Å². The van der Waals surface area contributed by atoms with Crippen LogP contribution < -0.4 is 5.32 Å². The predicted octanol–water partition coefficient (Wildman–Crippen LogP) is 4.51. The lowest BCUT2D eigenvalue weighted by atomic mass is 10.1. The Morgan fingerprint density at radius 3 is 2.52 bits per heavy atom. The number of fused-ring (bicyclic) bond motifs is 1. The highest BCUT2D eigenvalue weighted by atomic mass is 32.2. The third-order valence-electron chi connectivity index (χ3n) is 3.78. The first-order valence-corrected chi connectivity index (χ1v) is 8.98. The van der Waals surface area contributed by atoms with Crippen molar-refractivity contribution in [3.8, 4) is 0 Å². The maximum atomic E-state index is 11.2. The minimum absolute atomic E-state index is 0.0471. The van der Waals surface area contributed by atoms with Gasteiger partial charge in [-0.2, -0.15) is 11.8 Å². The molecule has 3 rings (SSSR count). The Morgan fingerprint density at radius 1 is 1.09 bits per heavy atom. The molecule has 0 spiro atoms. The Kier molecular flexibility index (Phi) is 4.72. The molecule has 1 aromatic heterocycles. The predicted molar refractivity (Wildman–Crippen MR) is 99.0 cm³/mol. The van der Waals surface area contributed by atoms with Gasteiger partial charge in [0.05, 0.1) is 0 Å². The molecule has 0 saturated heterocycles. The van der Waals surface area contributed by atoms with Crippen LogP contribution in [0.3, 0.4) is 0 Å². The zero-order valence-corrected chi connectivity index (χ0v) is 14.2. The lowest BCUT2D eigenvalue weighted by Gasteiger charge is -2.08. The lowest BCUT2D eigenvalue weighted by Crippen LogP contribution is -2.05. The first-order chi connectivity index (χ1) is 11.2. The zero-order valence-electron chi connectivity index (χ0n) is 13.4. The summed E-state index contributed by atoms with van der Waals surface area (Å²) in [7, 11) is 0. The van der Waals surface area contributed by atoms with Crippen LogP contribution in [0.1, 0.15) is 18.1 Å². The molecule has 0 unspecified atom stereocenters. The van der Waals surface area contributed by atoms with Crippen molar-refractivity contribution in [2.45, 2.75) is 19.2 Å². The van der Waals surface area contributed by atoms with Gasteiger partial charge >= 0.3 is 0 Å². The van der Waals surface area contributed by atoms with Crippen LogP contribution in [0.25, 0.3) is 10.9 Å². The molecule has 4 heteroatoms. The summed E-state index contributed by atoms with van der Waals surface area (Å²) in [5, 5.41) is 3.96. The highest BCUT2D eigenvalue weighted by Gasteiger charge is 2.04. The topological polar surface area (TPSA) is 34.0 Å². The van der Waals surface area contributed by atoms with E-state index in [-0.39, 0.29) is 5.91 Å². The molecular formula is C19H20N2OS. The Morgan fingerprint density at radius 2 is 1.83 bits per heavy atom. The number of nitrogens with zero attached hydrogens (tertiary/aromatic N) is 1. The monoisotopic (exact) mass is 324 g/mol. The van der Waals surface area contributed by atoms with Gasteiger partial charge in [-0.15, -0.1) is 0 Å². The number of carbonyl (C=O) groups excluding carboxylic acids is 1. The first kappa shape index (κ1) is 15.7. The summed E-state index contributed by atoms with van der Waals surface area (Å²) >= 11 is 1.84. The minimum atomic E-state index is -0.0471. The van der Waals surface area contributed by atoms with E-state index in [1.165, 1.54) is 23.6 Å². The van der Waals surface area contributed by atoms with Gasteiger partial charge in [-0.3, -0.25) is 4.79 Å². The van der Waals surface area contributed by atoms with Gasteiger partial charge in [0, 0.05) is 42.0 Å². The number of nitrogens with one attached hydrogen (secondary N) is 1. The largest absolute Gasteiger partial charge is 0.343 e. The molecule has 3 aromatic rings. The number of amides is 1. The van der Waals surface area contributed by atoms with Crippen molar-refractivity contribution in [3.05, 3.63) is 65.9 Å². The Balaban J connectivity index is 1.81. The molecule has 0 bridgehead atoms. The van der Waals surface area contributed by atoms with E-state index in [1.807, 2.05) is 23.9 Å². The molecule has 1 N–H and O–H groups in total. The van der Waals surface area contributed by atoms with Gasteiger partial charge in [0.15, 0.2) is 0 Å². The molecule has 0 aliphatic rings. The molecule has 0 aliphatic heterocycles. The summed E-state index contributed by atoms with van der Waals surface area (Å²) in [5.74, 6) is 1.01. The normalized spacial score (nSPS) is 10.9. The maximum absolute atomic E-state index is 11.2. The number of thioether (sulfide) groups is 1. The van der Waals surface area contributed by atoms with E-state index >= 15 is 0 Å². The quantitative estimate of drug-likeness (QED) is 0.749. The van der Waals surface area contributed by atoms with Crippen molar-refractivity contribution < 1.29 is 4.79 Å². The van der Waals surface area contributed by atoms with E-state index in [0.717, 1.165) is 23.4 Å². The highest BCUT2D eigenvalue weighted by Crippen LogP contribution is 2.22. The van der Waals surface area contributed by atoms with Crippen LogP contribution in [0.5, 0.6) is 0 Å². The molecule has 0 radical (unpaired) electrons. The average molecular weight is 324 g/mol. The van der Waals surface area contributed by atoms with Crippen molar-refractivity contribution in [1.82, 2.24) is 4.57 Å². The molecule has 2 aromatic carbocycles. The van der Waals surface area contributed by atoms with Crippen molar-refractivity contribution >= 4 is 34.3 Å². The Labute approximate surface area is 140 Å². The van der Waals surface area contributed by atoms with E-state index < -0.39 is 0 Å². The molecule has 0 saturated carbocycles. The number of carbonyl (C=O) groups is 1. The number of anilines is 1. The van der Waals surface area contributed by atoms with E-state index in [1.54, 1.807) is 0 Å². The summed E-state index contributed by atoms with van der Waals surface area (Å²) in [4.78, 5) is 11.2. The fourth-order valence-electron chi connectivity index (χ4n) is 2.72. The number of aromatic nitrogens is 1. The van der Waals surface area contributed by atoms with Gasteiger partial charge in [0.2, 0.25) is 5.91 Å². The third kappa shape index (κ3) is 3.77. The molecule has 0 fully saturated rings. The molecule has 118 valence electrons. The summed E-state index contributed by atoms with van der Waals surface area (Å²) in [6.07, 6.45) is 4.22. The van der Waals surface area contributed by atoms with Gasteiger partial charge in [-0.1, -0.05) is 24.3 Å². The van der Waals surface area contributed by atoms with Gasteiger partial charge in [0.25, 0.3) is 0 Å². The van der Waals surface area contributed by atoms with Crippen LogP contribution in [0.15, 0.2) is 54.7 Å². The first-order valence-electron chi connectivity index (χ1n) is 7.59. The molecule has 3 nitrogen and oxygen atoms in total. The fourth-order valence-corrected chi connectivity index (χ4v) is 3.25. The van der Waals surface area contributed by atoms with Crippen molar-refractivity contribution in [2.75, 3.05) is 11.6 Å². The number of hydrogen-bond acceptors (Lipinski definition) is 2. The third-order valence-corrected chi connectivity index (χ3v) is 4.40. The molecule has 1 heterocycles. The van der Waals surface area contributed by atoms with E-state index in [2.05, 4.69) is 58.7 Å². The van der Waals surface area contributed by atoms with Crippen LogP contribution in [0.4, 0.5) is 5.69 Å². The van der Waals surface area contributed by atoms with Gasteiger partial charge < -0.3 is 9.88 Å². The second-order valence-electron chi connectivity index (χ2n) is 5.65. The van der Waals surface area contributed by atoms with E-state index in [0.29, 0.717) is 0 Å². The lowest BCUT2D eigenvalue weighted by molar-refractivity contribution is -0.114. The fraction of sp³-hybridized carbons (Fsp3) is 0.211. The summed E-state index contributed by atoms with van der Waals surface area (Å²) in [6.45, 7) is 2.37. The second-order valence-corrected chi connectivity index (χ2v) is 6.51. The number of benzene rings is 2. The molecular weight excluding hydrogens is 304 g/mol. The van der Waals surface area contributed by atoms with Gasteiger partial charge in [0.1, 0.15) is 0 Å². The zero-order chi connectivity index (χ0) is 16.2.